The van der Waals surface area contributed by atoms with Crippen molar-refractivity contribution >= 4 is 41.2 Å². The maximum Gasteiger partial charge on any atom is 0.327 e. The number of piperazine rings is 1. The second kappa shape index (κ2) is 9.62. The van der Waals surface area contributed by atoms with Crippen LogP contribution in [0.15, 0.2) is 16.9 Å². The van der Waals surface area contributed by atoms with Gasteiger partial charge in [-0.25, -0.2) is 13.5 Å². The summed E-state index contributed by atoms with van der Waals surface area (Å²) in [6.07, 6.45) is -1.04. The number of aromatic nitrogens is 5. The molecule has 190 valence electrons. The Kier molecular flexibility index (Phi) is 7.17. The minimum Gasteiger partial charge on any atom is -0.488 e. The zero-order valence-corrected chi connectivity index (χ0v) is 20.0. The van der Waals surface area contributed by atoms with Gasteiger partial charge in [0.25, 0.3) is 5.56 Å². The summed E-state index contributed by atoms with van der Waals surface area (Å²) >= 11 is 0. The van der Waals surface area contributed by atoms with Crippen molar-refractivity contribution in [2.75, 3.05) is 36.0 Å². The van der Waals surface area contributed by atoms with E-state index in [-0.39, 0.29) is 42.5 Å². The summed E-state index contributed by atoms with van der Waals surface area (Å²) < 4.78 is 36.5. The number of carboxylic acids is 1. The van der Waals surface area contributed by atoms with Gasteiger partial charge in [-0.1, -0.05) is 5.21 Å². The SMILES string of the molecule is CC(Oc1cc(F)c(N2CCN(c3nc4c(nnn4C)c(=O)[nH]3)CC2)c(F)c1)[C@](C)(N)C(=O)O.Cl. The van der Waals surface area contributed by atoms with Crippen LogP contribution in [-0.4, -0.2) is 73.9 Å². The monoisotopic (exact) mass is 514 g/mol. The van der Waals surface area contributed by atoms with Crippen LogP contribution in [0.4, 0.5) is 20.4 Å². The van der Waals surface area contributed by atoms with E-state index in [2.05, 4.69) is 20.3 Å². The number of ether oxygens (including phenoxy) is 1. The van der Waals surface area contributed by atoms with Crippen LogP contribution in [0.2, 0.25) is 0 Å². The first kappa shape index (κ1) is 26.1. The number of nitrogens with zero attached hydrogens (tertiary/aromatic N) is 6. The van der Waals surface area contributed by atoms with Gasteiger partial charge in [-0.3, -0.25) is 14.6 Å². The van der Waals surface area contributed by atoms with Crippen molar-refractivity contribution in [3.8, 4) is 5.75 Å². The van der Waals surface area contributed by atoms with E-state index in [9.17, 15) is 23.5 Å². The Morgan fingerprint density at radius 2 is 1.80 bits per heavy atom. The normalized spacial score (nSPS) is 16.5. The Labute approximate surface area is 204 Å². The predicted molar refractivity (Wildman–Crippen MR) is 125 cm³/mol. The van der Waals surface area contributed by atoms with Crippen LogP contribution < -0.4 is 25.8 Å². The molecule has 1 fully saturated rings. The van der Waals surface area contributed by atoms with Crippen molar-refractivity contribution in [1.29, 1.82) is 0 Å². The number of aliphatic carboxylic acids is 1. The number of hydrogen-bond donors (Lipinski definition) is 3. The molecule has 1 unspecified atom stereocenters. The lowest BCUT2D eigenvalue weighted by Crippen LogP contribution is -2.55. The van der Waals surface area contributed by atoms with Crippen molar-refractivity contribution in [1.82, 2.24) is 25.0 Å². The minimum absolute atomic E-state index is 0. The van der Waals surface area contributed by atoms with Crippen molar-refractivity contribution < 1.29 is 23.4 Å². The topological polar surface area (TPSA) is 155 Å². The second-order valence-electron chi connectivity index (χ2n) is 8.33. The summed E-state index contributed by atoms with van der Waals surface area (Å²) in [5.74, 6) is -2.84. The van der Waals surface area contributed by atoms with Crippen molar-refractivity contribution in [2.45, 2.75) is 25.5 Å². The van der Waals surface area contributed by atoms with Gasteiger partial charge in [0.2, 0.25) is 5.95 Å². The lowest BCUT2D eigenvalue weighted by Gasteiger charge is -2.36. The molecule has 1 saturated heterocycles. The number of H-pyrrole nitrogens is 1. The molecule has 0 bridgehead atoms. The Morgan fingerprint density at radius 1 is 1.23 bits per heavy atom. The molecule has 4 N–H and O–H groups in total. The first-order valence-electron chi connectivity index (χ1n) is 10.5. The molecule has 1 aromatic carbocycles. The third-order valence-electron chi connectivity index (χ3n) is 5.95. The predicted octanol–water partition coefficient (Wildman–Crippen LogP) is 0.648. The zero-order chi connectivity index (χ0) is 24.8. The summed E-state index contributed by atoms with van der Waals surface area (Å²) in [7, 11) is 1.62. The van der Waals surface area contributed by atoms with Crippen LogP contribution in [0, 0.1) is 11.6 Å². The molecular weight excluding hydrogens is 490 g/mol. The third kappa shape index (κ3) is 4.84. The van der Waals surface area contributed by atoms with Gasteiger partial charge in [-0.05, 0) is 13.8 Å². The van der Waals surface area contributed by atoms with Crippen LogP contribution in [0.3, 0.4) is 0 Å². The molecule has 1 aliphatic rings. The van der Waals surface area contributed by atoms with E-state index in [0.717, 1.165) is 12.1 Å². The minimum atomic E-state index is -1.74. The number of carboxylic acid groups (broad SMARTS) is 1. The number of aromatic amines is 1. The maximum atomic E-state index is 14.9. The summed E-state index contributed by atoms with van der Waals surface area (Å²) in [6, 6.07) is 2.00. The summed E-state index contributed by atoms with van der Waals surface area (Å²) in [6.45, 7) is 3.88. The van der Waals surface area contributed by atoms with Crippen LogP contribution in [0.25, 0.3) is 11.2 Å². The molecule has 2 aromatic heterocycles. The highest BCUT2D eigenvalue weighted by atomic mass is 35.5. The quantitative estimate of drug-likeness (QED) is 0.426. The molecule has 0 radical (unpaired) electrons. The van der Waals surface area contributed by atoms with Gasteiger partial charge in [0.15, 0.2) is 22.8 Å². The number of nitrogens with one attached hydrogen (secondary N) is 1. The maximum absolute atomic E-state index is 14.9. The molecular formula is C20H25ClF2N8O4. The fourth-order valence-electron chi connectivity index (χ4n) is 3.62. The van der Waals surface area contributed by atoms with E-state index in [1.807, 2.05) is 0 Å². The number of rotatable bonds is 6. The smallest absolute Gasteiger partial charge is 0.327 e. The molecule has 3 heterocycles. The Hall–Kier alpha value is -3.52. The average molecular weight is 515 g/mol. The zero-order valence-electron chi connectivity index (χ0n) is 19.2. The standard InChI is InChI=1S/C20H24F2N8O4.ClH/c1-10(20(2,23)18(32)33)34-11-8-12(21)15(13(22)9-11)29-4-6-30(7-5-29)19-24-16-14(17(31)25-19)26-27-28(16)3;/h8-10H,4-7,23H2,1-3H3,(H,32,33)(H,24,25,31);1H/t10?,20-;/m0./s1. The largest absolute Gasteiger partial charge is 0.488 e. The molecule has 0 aliphatic carbocycles. The molecule has 1 aliphatic heterocycles. The van der Waals surface area contributed by atoms with E-state index in [4.69, 9.17) is 10.5 Å². The fourth-order valence-corrected chi connectivity index (χ4v) is 3.62. The van der Waals surface area contributed by atoms with Crippen LogP contribution >= 0.6 is 12.4 Å². The molecule has 0 amide bonds. The van der Waals surface area contributed by atoms with Gasteiger partial charge in [-0.15, -0.1) is 17.5 Å². The van der Waals surface area contributed by atoms with Crippen molar-refractivity contribution in [3.63, 3.8) is 0 Å². The number of benzene rings is 1. The Balaban J connectivity index is 0.00000342. The van der Waals surface area contributed by atoms with Crippen LogP contribution in [-0.2, 0) is 11.8 Å². The highest BCUT2D eigenvalue weighted by Gasteiger charge is 2.37. The van der Waals surface area contributed by atoms with E-state index in [1.54, 1.807) is 16.8 Å². The number of carbonyl (C=O) groups is 1. The third-order valence-corrected chi connectivity index (χ3v) is 5.95. The van der Waals surface area contributed by atoms with Gasteiger partial charge >= 0.3 is 5.97 Å². The Bertz CT molecular complexity index is 1280. The van der Waals surface area contributed by atoms with E-state index in [0.29, 0.717) is 24.7 Å². The highest BCUT2D eigenvalue weighted by Crippen LogP contribution is 2.30. The lowest BCUT2D eigenvalue weighted by atomic mass is 9.97. The molecule has 0 spiro atoms. The second-order valence-corrected chi connectivity index (χ2v) is 8.33. The number of nitrogens with two attached hydrogens (primary N) is 1. The van der Waals surface area contributed by atoms with E-state index in [1.165, 1.54) is 18.5 Å². The molecule has 3 aromatic rings. The van der Waals surface area contributed by atoms with E-state index >= 15 is 0 Å². The Morgan fingerprint density at radius 3 is 2.37 bits per heavy atom. The van der Waals surface area contributed by atoms with Gasteiger partial charge in [0.1, 0.15) is 23.1 Å². The first-order chi connectivity index (χ1) is 16.0. The molecule has 0 saturated carbocycles. The number of anilines is 2. The van der Waals surface area contributed by atoms with Crippen molar-refractivity contribution in [3.05, 3.63) is 34.1 Å². The van der Waals surface area contributed by atoms with Gasteiger partial charge in [0, 0.05) is 45.4 Å². The van der Waals surface area contributed by atoms with Gasteiger partial charge in [0.05, 0.1) is 0 Å². The number of halogens is 3. The van der Waals surface area contributed by atoms with Gasteiger partial charge < -0.3 is 25.4 Å². The fraction of sp³-hybridized carbons (Fsp3) is 0.450. The summed E-state index contributed by atoms with van der Waals surface area (Å²) in [5, 5.41) is 16.8. The lowest BCUT2D eigenvalue weighted by molar-refractivity contribution is -0.145. The van der Waals surface area contributed by atoms with Gasteiger partial charge in [-0.2, -0.15) is 4.98 Å². The summed E-state index contributed by atoms with van der Waals surface area (Å²) in [5.41, 5.74) is 3.79. The summed E-state index contributed by atoms with van der Waals surface area (Å²) in [4.78, 5) is 33.9. The highest BCUT2D eigenvalue weighted by molar-refractivity contribution is 5.85. The van der Waals surface area contributed by atoms with Crippen LogP contribution in [0.1, 0.15) is 13.8 Å². The number of fused-ring (bicyclic) bond motifs is 1. The van der Waals surface area contributed by atoms with Crippen LogP contribution in [0.5, 0.6) is 5.75 Å². The molecule has 2 atom stereocenters. The molecule has 4 rings (SSSR count). The van der Waals surface area contributed by atoms with Crippen molar-refractivity contribution in [2.24, 2.45) is 12.8 Å². The molecule has 12 nitrogen and oxygen atoms in total. The van der Waals surface area contributed by atoms with E-state index < -0.39 is 34.8 Å². The molecule has 35 heavy (non-hydrogen) atoms. The number of aryl methyl sites for hydroxylation is 1. The molecule has 15 heteroatoms. The number of hydrogen-bond acceptors (Lipinski definition) is 9. The average Bonchev–Trinajstić information content (AvgIpc) is 3.15. The first-order valence-corrected chi connectivity index (χ1v) is 10.5.